The third kappa shape index (κ3) is 5.69. The summed E-state index contributed by atoms with van der Waals surface area (Å²) in [6.07, 6.45) is 0.332. The SMILES string of the molecule is O=C1CCC(N2C(=O)c3cccc(NC(=O)CCCC[N+](=O)Nc4cccc5c4C(=O)N(C4CCC(=O)NC4=O)C5=O)c3C2=O)C(=O)N1. The number of unbranched alkanes of at least 4 members (excludes halogenated alkanes) is 1. The molecule has 0 spiro atoms. The Bertz CT molecular complexity index is 1740. The quantitative estimate of drug-likeness (QED) is 0.118. The molecular formula is C31H28N7O10+. The van der Waals surface area contributed by atoms with Crippen molar-refractivity contribution >= 4 is 64.5 Å². The van der Waals surface area contributed by atoms with Gasteiger partial charge < -0.3 is 5.32 Å². The molecule has 48 heavy (non-hydrogen) atoms. The zero-order chi connectivity index (χ0) is 34.3. The predicted octanol–water partition coefficient (Wildman–Crippen LogP) is 0.404. The van der Waals surface area contributed by atoms with Gasteiger partial charge in [-0.05, 0) is 43.5 Å². The van der Waals surface area contributed by atoms with Crippen molar-refractivity contribution in [1.82, 2.24) is 20.4 Å². The van der Waals surface area contributed by atoms with Gasteiger partial charge in [-0.2, -0.15) is 0 Å². The first kappa shape index (κ1) is 31.8. The maximum Gasteiger partial charge on any atom is 0.264 e. The summed E-state index contributed by atoms with van der Waals surface area (Å²) in [5.41, 5.74) is 2.56. The van der Waals surface area contributed by atoms with Gasteiger partial charge in [0, 0.05) is 25.7 Å². The van der Waals surface area contributed by atoms with Crippen molar-refractivity contribution in [1.29, 1.82) is 0 Å². The highest BCUT2D eigenvalue weighted by Gasteiger charge is 2.47. The molecule has 6 rings (SSSR count). The molecule has 4 aliphatic heterocycles. The number of imide groups is 4. The molecule has 0 radical (unpaired) electrons. The van der Waals surface area contributed by atoms with Gasteiger partial charge in [-0.1, -0.05) is 12.1 Å². The lowest BCUT2D eigenvalue weighted by molar-refractivity contribution is -0.518. The van der Waals surface area contributed by atoms with Crippen LogP contribution in [0, 0.1) is 4.91 Å². The second kappa shape index (κ2) is 12.6. The molecular weight excluding hydrogens is 630 g/mol. The Morgan fingerprint density at radius 2 is 1.21 bits per heavy atom. The van der Waals surface area contributed by atoms with Gasteiger partial charge in [0.1, 0.15) is 22.6 Å². The van der Waals surface area contributed by atoms with E-state index in [1.54, 1.807) is 0 Å². The molecule has 2 saturated heterocycles. The van der Waals surface area contributed by atoms with E-state index in [1.807, 2.05) is 0 Å². The molecule has 0 saturated carbocycles. The predicted molar refractivity (Wildman–Crippen MR) is 161 cm³/mol. The minimum atomic E-state index is -1.16. The fraction of sp³-hybridized carbons (Fsp3) is 0.323. The van der Waals surface area contributed by atoms with Gasteiger partial charge in [0.25, 0.3) is 23.6 Å². The number of carbonyl (C=O) groups is 9. The Labute approximate surface area is 270 Å². The third-order valence-electron chi connectivity index (χ3n) is 8.47. The molecule has 246 valence electrons. The van der Waals surface area contributed by atoms with Crippen LogP contribution in [-0.2, 0) is 24.0 Å². The topological polar surface area (TPSA) is 228 Å². The molecule has 17 nitrogen and oxygen atoms in total. The Kier molecular flexibility index (Phi) is 8.34. The number of rotatable bonds is 10. The van der Waals surface area contributed by atoms with Crippen molar-refractivity contribution in [3.8, 4) is 0 Å². The first-order chi connectivity index (χ1) is 23.0. The lowest BCUT2D eigenvalue weighted by Gasteiger charge is -2.27. The number of hydrogen-bond acceptors (Lipinski definition) is 10. The highest BCUT2D eigenvalue weighted by molar-refractivity contribution is 6.27. The first-order valence-electron chi connectivity index (χ1n) is 15.2. The number of anilines is 2. The molecule has 2 aromatic rings. The van der Waals surface area contributed by atoms with Crippen LogP contribution in [0.25, 0.3) is 0 Å². The Morgan fingerprint density at radius 1 is 0.708 bits per heavy atom. The van der Waals surface area contributed by atoms with Crippen LogP contribution in [0.4, 0.5) is 11.4 Å². The molecule has 0 bridgehead atoms. The maximum atomic E-state index is 13.2. The Balaban J connectivity index is 1.02. The summed E-state index contributed by atoms with van der Waals surface area (Å²) in [4.78, 5) is 128. The molecule has 4 N–H and O–H groups in total. The van der Waals surface area contributed by atoms with E-state index in [-0.39, 0.29) is 85.1 Å². The van der Waals surface area contributed by atoms with E-state index in [9.17, 15) is 48.1 Å². The van der Waals surface area contributed by atoms with Gasteiger partial charge in [-0.15, -0.1) is 5.43 Å². The Hall–Kier alpha value is -6.13. The van der Waals surface area contributed by atoms with E-state index in [0.29, 0.717) is 4.87 Å². The minimum Gasteiger partial charge on any atom is -0.325 e. The number of piperidine rings is 2. The summed E-state index contributed by atoms with van der Waals surface area (Å²) in [5, 5.41) is 6.86. The van der Waals surface area contributed by atoms with E-state index in [4.69, 9.17) is 0 Å². The molecule has 4 aliphatic rings. The number of fused-ring (bicyclic) bond motifs is 2. The monoisotopic (exact) mass is 658 g/mol. The third-order valence-corrected chi connectivity index (χ3v) is 8.47. The lowest BCUT2D eigenvalue weighted by Crippen LogP contribution is -2.54. The van der Waals surface area contributed by atoms with Gasteiger partial charge >= 0.3 is 0 Å². The van der Waals surface area contributed by atoms with E-state index in [1.165, 1.54) is 36.4 Å². The van der Waals surface area contributed by atoms with Crippen molar-refractivity contribution in [2.24, 2.45) is 0 Å². The average molecular weight is 659 g/mol. The molecule has 17 heteroatoms. The van der Waals surface area contributed by atoms with E-state index in [0.717, 1.165) is 9.80 Å². The fourth-order valence-electron chi connectivity index (χ4n) is 6.17. The van der Waals surface area contributed by atoms with Gasteiger partial charge in [-0.25, -0.2) is 0 Å². The molecule has 9 amide bonds. The van der Waals surface area contributed by atoms with Crippen LogP contribution in [0.15, 0.2) is 36.4 Å². The molecule has 2 aromatic carbocycles. The standard InChI is InChI=1S/C31H27N7O10/c39-21(32-17-7-3-5-15-24(17)30(46)37(28(15)44)19-10-12-22(40)33-26(19)42)9-1-2-14-36(48)35-18-8-4-6-16-25(18)31(47)38(29(16)45)20-11-13-23(41)34-27(20)43/h3-8,19-20H,1-2,9-14H2,(H3-,32,33,34,35,39,40,41,42,43,46,47,48)/p+1. The van der Waals surface area contributed by atoms with Crippen LogP contribution in [0.3, 0.4) is 0 Å². The fourth-order valence-corrected chi connectivity index (χ4v) is 6.17. The van der Waals surface area contributed by atoms with E-state index < -0.39 is 65.2 Å². The molecule has 2 atom stereocenters. The number of nitrogens with one attached hydrogen (secondary N) is 4. The summed E-state index contributed by atoms with van der Waals surface area (Å²) < 4.78 is 0. The summed E-state index contributed by atoms with van der Waals surface area (Å²) in [5.74, 6) is -5.94. The zero-order valence-electron chi connectivity index (χ0n) is 25.2. The summed E-state index contributed by atoms with van der Waals surface area (Å²) in [6, 6.07) is 6.34. The van der Waals surface area contributed by atoms with Crippen molar-refractivity contribution in [2.75, 3.05) is 17.3 Å². The van der Waals surface area contributed by atoms with E-state index in [2.05, 4.69) is 21.4 Å². The van der Waals surface area contributed by atoms with Crippen molar-refractivity contribution < 1.29 is 48.0 Å². The maximum absolute atomic E-state index is 13.2. The van der Waals surface area contributed by atoms with Gasteiger partial charge in [0.05, 0.1) is 32.8 Å². The van der Waals surface area contributed by atoms with Crippen LogP contribution in [0.2, 0.25) is 0 Å². The highest BCUT2D eigenvalue weighted by atomic mass is 16.3. The van der Waals surface area contributed by atoms with Gasteiger partial charge in [-0.3, -0.25) is 63.6 Å². The van der Waals surface area contributed by atoms with Crippen LogP contribution < -0.4 is 21.4 Å². The number of nitroso groups, excluding NO2 is 1. The minimum absolute atomic E-state index is 0.00702. The van der Waals surface area contributed by atoms with Gasteiger partial charge in [0.15, 0.2) is 0 Å². The summed E-state index contributed by atoms with van der Waals surface area (Å²) in [6.45, 7) is -0.120. The first-order valence-corrected chi connectivity index (χ1v) is 15.2. The smallest absolute Gasteiger partial charge is 0.264 e. The molecule has 2 unspecified atom stereocenters. The number of carbonyl (C=O) groups excluding carboxylic acids is 9. The van der Waals surface area contributed by atoms with Crippen molar-refractivity contribution in [3.63, 3.8) is 0 Å². The van der Waals surface area contributed by atoms with E-state index >= 15 is 0 Å². The number of benzene rings is 2. The lowest BCUT2D eigenvalue weighted by atomic mass is 10.0. The Morgan fingerprint density at radius 3 is 1.73 bits per heavy atom. The highest BCUT2D eigenvalue weighted by Crippen LogP contribution is 2.34. The second-order valence-corrected chi connectivity index (χ2v) is 11.6. The molecule has 4 heterocycles. The number of nitrogens with zero attached hydrogens (tertiary/aromatic N) is 3. The second-order valence-electron chi connectivity index (χ2n) is 11.6. The number of hydrogen-bond donors (Lipinski definition) is 4. The summed E-state index contributed by atoms with van der Waals surface area (Å²) >= 11 is 0. The number of hydrazine groups is 1. The van der Waals surface area contributed by atoms with Crippen LogP contribution in [0.1, 0.15) is 86.4 Å². The molecule has 2 fully saturated rings. The van der Waals surface area contributed by atoms with Crippen LogP contribution in [-0.4, -0.2) is 86.5 Å². The molecule has 0 aliphatic carbocycles. The zero-order valence-corrected chi connectivity index (χ0v) is 25.2. The van der Waals surface area contributed by atoms with Crippen molar-refractivity contribution in [2.45, 2.75) is 57.0 Å². The van der Waals surface area contributed by atoms with Crippen molar-refractivity contribution in [3.05, 3.63) is 63.6 Å². The number of amides is 9. The van der Waals surface area contributed by atoms with Crippen LogP contribution in [0.5, 0.6) is 0 Å². The van der Waals surface area contributed by atoms with Gasteiger partial charge in [0.2, 0.25) is 36.1 Å². The van der Waals surface area contributed by atoms with Crippen LogP contribution >= 0.6 is 0 Å². The normalized spacial score (nSPS) is 20.4. The molecule has 0 aromatic heterocycles. The average Bonchev–Trinajstić information content (AvgIpc) is 3.45. The summed E-state index contributed by atoms with van der Waals surface area (Å²) in [7, 11) is 0. The largest absolute Gasteiger partial charge is 0.325 e.